The minimum absolute atomic E-state index is 0.425. The van der Waals surface area contributed by atoms with Crippen LogP contribution in [0, 0.1) is 0 Å². The van der Waals surface area contributed by atoms with E-state index in [0.717, 1.165) is 18.0 Å². The van der Waals surface area contributed by atoms with E-state index in [-0.39, 0.29) is 0 Å². The third-order valence-electron chi connectivity index (χ3n) is 3.53. The number of benzene rings is 1. The van der Waals surface area contributed by atoms with Gasteiger partial charge in [0.1, 0.15) is 13.2 Å². The Morgan fingerprint density at radius 2 is 2.00 bits per heavy atom. The summed E-state index contributed by atoms with van der Waals surface area (Å²) in [4.78, 5) is 0. The van der Waals surface area contributed by atoms with E-state index in [4.69, 9.17) is 9.47 Å². The van der Waals surface area contributed by atoms with Gasteiger partial charge in [-0.2, -0.15) is 0 Å². The summed E-state index contributed by atoms with van der Waals surface area (Å²) in [6.07, 6.45) is 5.10. The van der Waals surface area contributed by atoms with Gasteiger partial charge in [0.05, 0.1) is 0 Å². The zero-order chi connectivity index (χ0) is 11.5. The lowest BCUT2D eigenvalue weighted by Crippen LogP contribution is -2.23. The van der Waals surface area contributed by atoms with Crippen molar-refractivity contribution >= 4 is 0 Å². The topological polar surface area (TPSA) is 30.5 Å². The van der Waals surface area contributed by atoms with Crippen LogP contribution in [0.2, 0.25) is 0 Å². The van der Waals surface area contributed by atoms with Crippen LogP contribution in [-0.4, -0.2) is 19.8 Å². The van der Waals surface area contributed by atoms with E-state index in [1.54, 1.807) is 0 Å². The second-order valence-corrected chi connectivity index (χ2v) is 4.73. The molecule has 2 aliphatic rings. The van der Waals surface area contributed by atoms with E-state index in [2.05, 4.69) is 17.4 Å². The van der Waals surface area contributed by atoms with Crippen LogP contribution < -0.4 is 14.8 Å². The molecule has 2 heterocycles. The van der Waals surface area contributed by atoms with Gasteiger partial charge < -0.3 is 14.8 Å². The molecule has 1 fully saturated rings. The smallest absolute Gasteiger partial charge is 0.166 e. The van der Waals surface area contributed by atoms with Crippen molar-refractivity contribution in [3.63, 3.8) is 0 Å². The van der Waals surface area contributed by atoms with Crippen molar-refractivity contribution < 1.29 is 9.47 Å². The summed E-state index contributed by atoms with van der Waals surface area (Å²) >= 11 is 0. The van der Waals surface area contributed by atoms with Gasteiger partial charge in [-0.1, -0.05) is 25.0 Å². The van der Waals surface area contributed by atoms with Crippen LogP contribution in [0.15, 0.2) is 18.2 Å². The number of para-hydroxylation sites is 1. The lowest BCUT2D eigenvalue weighted by Gasteiger charge is -2.25. The fraction of sp³-hybridized carbons (Fsp3) is 0.571. The van der Waals surface area contributed by atoms with Crippen molar-refractivity contribution in [1.82, 2.24) is 5.32 Å². The largest absolute Gasteiger partial charge is 0.486 e. The molecule has 3 rings (SSSR count). The second-order valence-electron chi connectivity index (χ2n) is 4.73. The molecule has 0 aliphatic carbocycles. The van der Waals surface area contributed by atoms with Crippen LogP contribution in [0.25, 0.3) is 0 Å². The SMILES string of the molecule is c1cc2c(c(C3CCCCCN3)c1)OCCO2. The zero-order valence-corrected chi connectivity index (χ0v) is 10.1. The van der Waals surface area contributed by atoms with Crippen LogP contribution in [0.3, 0.4) is 0 Å². The van der Waals surface area contributed by atoms with Crippen LogP contribution in [0.5, 0.6) is 11.5 Å². The average Bonchev–Trinajstić information content (AvgIpc) is 2.67. The lowest BCUT2D eigenvalue weighted by molar-refractivity contribution is 0.168. The number of hydrogen-bond acceptors (Lipinski definition) is 3. The molecule has 17 heavy (non-hydrogen) atoms. The maximum atomic E-state index is 5.78. The summed E-state index contributed by atoms with van der Waals surface area (Å²) < 4.78 is 11.4. The fourth-order valence-electron chi connectivity index (χ4n) is 2.66. The second kappa shape index (κ2) is 4.96. The molecule has 2 aliphatic heterocycles. The van der Waals surface area contributed by atoms with Crippen molar-refractivity contribution in [2.24, 2.45) is 0 Å². The monoisotopic (exact) mass is 233 g/mol. The number of rotatable bonds is 1. The van der Waals surface area contributed by atoms with E-state index in [9.17, 15) is 0 Å². The van der Waals surface area contributed by atoms with Gasteiger partial charge >= 0.3 is 0 Å². The van der Waals surface area contributed by atoms with E-state index < -0.39 is 0 Å². The first-order chi connectivity index (χ1) is 8.45. The van der Waals surface area contributed by atoms with Crippen molar-refractivity contribution in [1.29, 1.82) is 0 Å². The predicted molar refractivity (Wildman–Crippen MR) is 66.6 cm³/mol. The highest BCUT2D eigenvalue weighted by molar-refractivity contribution is 5.48. The Morgan fingerprint density at radius 3 is 3.00 bits per heavy atom. The fourth-order valence-corrected chi connectivity index (χ4v) is 2.66. The Morgan fingerprint density at radius 1 is 1.06 bits per heavy atom. The van der Waals surface area contributed by atoms with E-state index in [1.165, 1.54) is 31.2 Å². The van der Waals surface area contributed by atoms with Gasteiger partial charge in [-0.15, -0.1) is 0 Å². The van der Waals surface area contributed by atoms with Gasteiger partial charge in [0, 0.05) is 11.6 Å². The Kier molecular flexibility index (Phi) is 3.18. The molecule has 92 valence electrons. The van der Waals surface area contributed by atoms with Crippen LogP contribution >= 0.6 is 0 Å². The maximum Gasteiger partial charge on any atom is 0.166 e. The summed E-state index contributed by atoms with van der Waals surface area (Å²) in [6, 6.07) is 6.65. The lowest BCUT2D eigenvalue weighted by atomic mass is 10.0. The molecule has 0 radical (unpaired) electrons. The number of nitrogens with one attached hydrogen (secondary N) is 1. The van der Waals surface area contributed by atoms with Gasteiger partial charge in [-0.3, -0.25) is 0 Å². The Balaban J connectivity index is 1.90. The summed E-state index contributed by atoms with van der Waals surface area (Å²) in [5.41, 5.74) is 1.27. The molecule has 1 unspecified atom stereocenters. The highest BCUT2D eigenvalue weighted by Crippen LogP contribution is 2.38. The van der Waals surface area contributed by atoms with E-state index >= 15 is 0 Å². The number of ether oxygens (including phenoxy) is 2. The van der Waals surface area contributed by atoms with Gasteiger partial charge in [0.2, 0.25) is 0 Å². The number of fused-ring (bicyclic) bond motifs is 1. The Labute approximate surface area is 102 Å². The maximum absolute atomic E-state index is 5.78. The van der Waals surface area contributed by atoms with Crippen LogP contribution in [0.1, 0.15) is 37.3 Å². The molecule has 1 saturated heterocycles. The summed E-state index contributed by atoms with van der Waals surface area (Å²) in [7, 11) is 0. The predicted octanol–water partition coefficient (Wildman–Crippen LogP) is 2.66. The molecule has 1 aromatic carbocycles. The van der Waals surface area contributed by atoms with Gasteiger partial charge in [-0.05, 0) is 25.5 Å². The molecule has 0 aromatic heterocycles. The van der Waals surface area contributed by atoms with E-state index in [0.29, 0.717) is 19.3 Å². The minimum Gasteiger partial charge on any atom is -0.486 e. The molecule has 0 saturated carbocycles. The van der Waals surface area contributed by atoms with E-state index in [1.807, 2.05) is 6.07 Å². The molecule has 1 aromatic rings. The Hall–Kier alpha value is -1.22. The van der Waals surface area contributed by atoms with Crippen molar-refractivity contribution in [2.75, 3.05) is 19.8 Å². The highest BCUT2D eigenvalue weighted by atomic mass is 16.6. The quantitative estimate of drug-likeness (QED) is 0.809. The summed E-state index contributed by atoms with van der Waals surface area (Å²) in [6.45, 7) is 2.43. The molecular weight excluding hydrogens is 214 g/mol. The minimum atomic E-state index is 0.425. The highest BCUT2D eigenvalue weighted by Gasteiger charge is 2.22. The molecule has 1 N–H and O–H groups in total. The van der Waals surface area contributed by atoms with Gasteiger partial charge in [0.15, 0.2) is 11.5 Å². The molecule has 1 atom stereocenters. The normalized spacial score (nSPS) is 24.1. The average molecular weight is 233 g/mol. The van der Waals surface area contributed by atoms with Crippen molar-refractivity contribution in [2.45, 2.75) is 31.7 Å². The van der Waals surface area contributed by atoms with Gasteiger partial charge in [-0.25, -0.2) is 0 Å². The molecule has 3 heteroatoms. The molecule has 0 amide bonds. The first kappa shape index (κ1) is 10.9. The van der Waals surface area contributed by atoms with Gasteiger partial charge in [0.25, 0.3) is 0 Å². The van der Waals surface area contributed by atoms with Crippen LogP contribution in [-0.2, 0) is 0 Å². The Bertz CT molecular complexity index is 384. The standard InChI is InChI=1S/C14H19NO2/c1-2-6-12(15-8-3-1)11-5-4-7-13-14(11)17-10-9-16-13/h4-5,7,12,15H,1-3,6,8-10H2. The third-order valence-corrected chi connectivity index (χ3v) is 3.53. The van der Waals surface area contributed by atoms with Crippen LogP contribution in [0.4, 0.5) is 0 Å². The van der Waals surface area contributed by atoms with Crippen molar-refractivity contribution in [3.8, 4) is 11.5 Å². The molecule has 0 spiro atoms. The molecular formula is C14H19NO2. The number of hydrogen-bond donors (Lipinski definition) is 1. The molecule has 0 bridgehead atoms. The van der Waals surface area contributed by atoms with Crippen molar-refractivity contribution in [3.05, 3.63) is 23.8 Å². The molecule has 3 nitrogen and oxygen atoms in total. The summed E-state index contributed by atoms with van der Waals surface area (Å²) in [5, 5.41) is 3.61. The zero-order valence-electron chi connectivity index (χ0n) is 10.1. The summed E-state index contributed by atoms with van der Waals surface area (Å²) in [5.74, 6) is 1.86. The first-order valence-electron chi connectivity index (χ1n) is 6.57. The third kappa shape index (κ3) is 2.25. The first-order valence-corrected chi connectivity index (χ1v) is 6.57.